The zero-order valence-corrected chi connectivity index (χ0v) is 10.8. The van der Waals surface area contributed by atoms with Crippen molar-refractivity contribution >= 4 is 11.2 Å². The molecule has 0 radical (unpaired) electrons. The third-order valence-electron chi connectivity index (χ3n) is 3.18. The highest BCUT2D eigenvalue weighted by atomic mass is 16.3. The molecule has 6 heteroatoms. The highest BCUT2D eigenvalue weighted by Gasteiger charge is 2.12. The van der Waals surface area contributed by atoms with Crippen LogP contribution >= 0.6 is 0 Å². The number of nitrogens with zero attached hydrogens (tertiary/aromatic N) is 3. The summed E-state index contributed by atoms with van der Waals surface area (Å²) in [5.74, 6) is 2.53. The highest BCUT2D eigenvalue weighted by molar-refractivity contribution is 5.75. The average molecular weight is 268 g/mol. The number of H-pyrrole nitrogens is 1. The smallest absolute Gasteiger partial charge is 0.177 e. The van der Waals surface area contributed by atoms with Gasteiger partial charge in [-0.3, -0.25) is 0 Å². The van der Waals surface area contributed by atoms with Gasteiger partial charge in [0.2, 0.25) is 0 Å². The van der Waals surface area contributed by atoms with Crippen molar-refractivity contribution in [3.63, 3.8) is 0 Å². The van der Waals surface area contributed by atoms with E-state index in [4.69, 9.17) is 8.83 Å². The van der Waals surface area contributed by atoms with Crippen molar-refractivity contribution in [1.82, 2.24) is 19.7 Å². The molecule has 0 aliphatic heterocycles. The summed E-state index contributed by atoms with van der Waals surface area (Å²) in [5.41, 5.74) is 2.61. The molecule has 0 bridgehead atoms. The van der Waals surface area contributed by atoms with Gasteiger partial charge in [0.25, 0.3) is 0 Å². The number of nitrogens with one attached hydrogen (secondary N) is 1. The minimum atomic E-state index is 0.563. The standard InChI is InChI=1S/C14H12N4O2/c1-9-2-3-11(20-9)7-18-14-12(6-15-18)16-13(17-14)10-4-5-19-8-10/h2-6,8H,7H2,1H3,(H,16,17). The Hall–Kier alpha value is -2.76. The number of furan rings is 2. The molecular formula is C14H12N4O2. The first kappa shape index (κ1) is 11.1. The Labute approximate surface area is 114 Å². The number of fused-ring (bicyclic) bond motifs is 1. The van der Waals surface area contributed by atoms with Gasteiger partial charge in [-0.05, 0) is 25.1 Å². The molecule has 0 unspecified atom stereocenters. The van der Waals surface area contributed by atoms with E-state index in [-0.39, 0.29) is 0 Å². The first-order chi connectivity index (χ1) is 9.79. The maximum Gasteiger partial charge on any atom is 0.177 e. The lowest BCUT2D eigenvalue weighted by Crippen LogP contribution is -2.00. The first-order valence-electron chi connectivity index (χ1n) is 6.29. The van der Waals surface area contributed by atoms with Crippen LogP contribution in [0.5, 0.6) is 0 Å². The molecule has 4 aromatic rings. The van der Waals surface area contributed by atoms with Crippen LogP contribution in [0.15, 0.2) is 45.8 Å². The van der Waals surface area contributed by atoms with Gasteiger partial charge in [-0.2, -0.15) is 5.10 Å². The Bertz CT molecular complexity index is 851. The monoisotopic (exact) mass is 268 g/mol. The van der Waals surface area contributed by atoms with Gasteiger partial charge in [0, 0.05) is 0 Å². The zero-order chi connectivity index (χ0) is 13.5. The number of aromatic amines is 1. The van der Waals surface area contributed by atoms with Crippen molar-refractivity contribution in [1.29, 1.82) is 0 Å². The van der Waals surface area contributed by atoms with Crippen LogP contribution < -0.4 is 0 Å². The number of hydrogen-bond acceptors (Lipinski definition) is 4. The maximum absolute atomic E-state index is 5.57. The van der Waals surface area contributed by atoms with E-state index in [9.17, 15) is 0 Å². The van der Waals surface area contributed by atoms with Crippen LogP contribution in [0.2, 0.25) is 0 Å². The summed E-state index contributed by atoms with van der Waals surface area (Å²) in [6.07, 6.45) is 5.05. The molecular weight excluding hydrogens is 256 g/mol. The van der Waals surface area contributed by atoms with Crippen LogP contribution in [0, 0.1) is 6.92 Å². The van der Waals surface area contributed by atoms with E-state index in [2.05, 4.69) is 15.1 Å². The van der Waals surface area contributed by atoms with Gasteiger partial charge < -0.3 is 13.8 Å². The van der Waals surface area contributed by atoms with Crippen molar-refractivity contribution in [2.45, 2.75) is 13.5 Å². The third-order valence-corrected chi connectivity index (χ3v) is 3.18. The Kier molecular flexibility index (Phi) is 2.29. The molecule has 0 aliphatic carbocycles. The van der Waals surface area contributed by atoms with E-state index in [1.54, 1.807) is 18.7 Å². The third kappa shape index (κ3) is 1.73. The summed E-state index contributed by atoms with van der Waals surface area (Å²) in [7, 11) is 0. The lowest BCUT2D eigenvalue weighted by atomic mass is 10.3. The predicted octanol–water partition coefficient (Wildman–Crippen LogP) is 2.97. The number of hydrogen-bond donors (Lipinski definition) is 1. The molecule has 6 nitrogen and oxygen atoms in total. The van der Waals surface area contributed by atoms with Crippen LogP contribution in [0.4, 0.5) is 0 Å². The fourth-order valence-electron chi connectivity index (χ4n) is 2.22. The molecule has 0 aromatic carbocycles. The van der Waals surface area contributed by atoms with E-state index >= 15 is 0 Å². The highest BCUT2D eigenvalue weighted by Crippen LogP contribution is 2.21. The number of aryl methyl sites for hydroxylation is 1. The number of rotatable bonds is 3. The van der Waals surface area contributed by atoms with E-state index in [0.717, 1.165) is 34.1 Å². The normalized spacial score (nSPS) is 11.4. The molecule has 0 aliphatic rings. The Morgan fingerprint density at radius 1 is 1.30 bits per heavy atom. The Morgan fingerprint density at radius 2 is 2.25 bits per heavy atom. The van der Waals surface area contributed by atoms with Gasteiger partial charge in [-0.15, -0.1) is 0 Å². The molecule has 100 valence electrons. The number of imidazole rings is 1. The Balaban J connectivity index is 1.73. The van der Waals surface area contributed by atoms with Gasteiger partial charge in [-0.1, -0.05) is 0 Å². The van der Waals surface area contributed by atoms with Crippen molar-refractivity contribution in [2.24, 2.45) is 0 Å². The second-order valence-electron chi connectivity index (χ2n) is 4.65. The summed E-state index contributed by atoms with van der Waals surface area (Å²) in [4.78, 5) is 7.79. The average Bonchev–Trinajstić information content (AvgIpc) is 3.15. The zero-order valence-electron chi connectivity index (χ0n) is 10.8. The Morgan fingerprint density at radius 3 is 3.00 bits per heavy atom. The summed E-state index contributed by atoms with van der Waals surface area (Å²) in [6, 6.07) is 5.76. The summed E-state index contributed by atoms with van der Waals surface area (Å²) < 4.78 is 12.5. The largest absolute Gasteiger partial charge is 0.472 e. The van der Waals surface area contributed by atoms with Gasteiger partial charge in [0.05, 0.1) is 18.0 Å². The molecule has 4 heterocycles. The summed E-state index contributed by atoms with van der Waals surface area (Å²) in [6.45, 7) is 2.49. The topological polar surface area (TPSA) is 72.8 Å². The van der Waals surface area contributed by atoms with Gasteiger partial charge >= 0.3 is 0 Å². The van der Waals surface area contributed by atoms with Crippen molar-refractivity contribution < 1.29 is 8.83 Å². The quantitative estimate of drug-likeness (QED) is 0.620. The van der Waals surface area contributed by atoms with Crippen LogP contribution in [-0.2, 0) is 6.54 Å². The lowest BCUT2D eigenvalue weighted by molar-refractivity contribution is 0.462. The molecule has 0 saturated carbocycles. The van der Waals surface area contributed by atoms with E-state index in [1.165, 1.54) is 0 Å². The molecule has 0 fully saturated rings. The van der Waals surface area contributed by atoms with Crippen LogP contribution in [-0.4, -0.2) is 19.7 Å². The summed E-state index contributed by atoms with van der Waals surface area (Å²) >= 11 is 0. The maximum atomic E-state index is 5.57. The minimum absolute atomic E-state index is 0.563. The minimum Gasteiger partial charge on any atom is -0.472 e. The molecule has 4 aromatic heterocycles. The van der Waals surface area contributed by atoms with Crippen LogP contribution in [0.3, 0.4) is 0 Å². The molecule has 20 heavy (non-hydrogen) atoms. The predicted molar refractivity (Wildman–Crippen MR) is 72.1 cm³/mol. The fourth-order valence-corrected chi connectivity index (χ4v) is 2.22. The molecule has 0 atom stereocenters. The van der Waals surface area contributed by atoms with Crippen LogP contribution in [0.1, 0.15) is 11.5 Å². The lowest BCUT2D eigenvalue weighted by Gasteiger charge is -1.97. The van der Waals surface area contributed by atoms with Crippen molar-refractivity contribution in [2.75, 3.05) is 0 Å². The molecule has 0 saturated heterocycles. The van der Waals surface area contributed by atoms with Gasteiger partial charge in [0.15, 0.2) is 5.65 Å². The van der Waals surface area contributed by atoms with Crippen molar-refractivity contribution in [3.8, 4) is 11.4 Å². The second kappa shape index (κ2) is 4.12. The fraction of sp³-hybridized carbons (Fsp3) is 0.143. The molecule has 1 N–H and O–H groups in total. The van der Waals surface area contributed by atoms with Crippen LogP contribution in [0.25, 0.3) is 22.6 Å². The van der Waals surface area contributed by atoms with Gasteiger partial charge in [0.1, 0.15) is 35.7 Å². The number of aromatic nitrogens is 4. The summed E-state index contributed by atoms with van der Waals surface area (Å²) in [5, 5.41) is 4.32. The van der Waals surface area contributed by atoms with Crippen molar-refractivity contribution in [3.05, 3.63) is 48.4 Å². The van der Waals surface area contributed by atoms with E-state index in [1.807, 2.05) is 29.8 Å². The SMILES string of the molecule is Cc1ccc(Cn2ncc3[nH]c(-c4ccoc4)nc32)o1. The molecule has 0 spiro atoms. The second-order valence-corrected chi connectivity index (χ2v) is 4.65. The molecule has 4 rings (SSSR count). The first-order valence-corrected chi connectivity index (χ1v) is 6.29. The van der Waals surface area contributed by atoms with E-state index in [0.29, 0.717) is 6.54 Å². The molecule has 0 amide bonds. The van der Waals surface area contributed by atoms with E-state index < -0.39 is 0 Å². The van der Waals surface area contributed by atoms with Gasteiger partial charge in [-0.25, -0.2) is 9.67 Å².